The molecule has 0 fully saturated rings. The van der Waals surface area contributed by atoms with Crippen LogP contribution in [0, 0.1) is 11.8 Å². The van der Waals surface area contributed by atoms with E-state index in [0.717, 1.165) is 20.9 Å². The maximum absolute atomic E-state index is 13.3. The zero-order valence-electron chi connectivity index (χ0n) is 20.3. The second-order valence-corrected chi connectivity index (χ2v) is 9.94. The summed E-state index contributed by atoms with van der Waals surface area (Å²) in [5.41, 5.74) is 2.01. The van der Waals surface area contributed by atoms with E-state index in [1.807, 2.05) is 86.6 Å². The van der Waals surface area contributed by atoms with Crippen molar-refractivity contribution in [1.29, 1.82) is 0 Å². The molecule has 0 saturated carbocycles. The van der Waals surface area contributed by atoms with Crippen LogP contribution >= 0.6 is 11.3 Å². The van der Waals surface area contributed by atoms with Gasteiger partial charge in [-0.1, -0.05) is 74.5 Å². The largest absolute Gasteiger partial charge is 0.469 e. The van der Waals surface area contributed by atoms with Crippen LogP contribution in [0.3, 0.4) is 0 Å². The van der Waals surface area contributed by atoms with E-state index in [2.05, 4.69) is 10.6 Å². The molecule has 0 aliphatic carbocycles. The van der Waals surface area contributed by atoms with Gasteiger partial charge >= 0.3 is 5.97 Å². The number of hydrogen-bond acceptors (Lipinski definition) is 5. The molecule has 0 aliphatic rings. The molecule has 2 atom stereocenters. The number of nitrogens with one attached hydrogen (secondary N) is 2. The lowest BCUT2D eigenvalue weighted by atomic mass is 9.93. The predicted molar refractivity (Wildman–Crippen MR) is 139 cm³/mol. The number of carbonyl (C=O) groups excluding carboxylic acids is 3. The summed E-state index contributed by atoms with van der Waals surface area (Å²) in [4.78, 5) is 40.3. The molecular formula is C28H32N2O4S. The number of hydrogen-bond donors (Lipinski definition) is 2. The SMILES string of the molecule is COC(=O)C[C@@H](CC(C)C)C(=O)NC(C(=O)NCc1ccccc1)c1ccc(-c2ccccc2)s1. The Hall–Kier alpha value is -3.45. The van der Waals surface area contributed by atoms with Crippen LogP contribution in [-0.4, -0.2) is 24.9 Å². The van der Waals surface area contributed by atoms with Crippen molar-refractivity contribution in [3.05, 3.63) is 83.2 Å². The van der Waals surface area contributed by atoms with Gasteiger partial charge in [-0.3, -0.25) is 14.4 Å². The first kappa shape index (κ1) is 26.2. The molecule has 6 nitrogen and oxygen atoms in total. The second kappa shape index (κ2) is 12.9. The normalized spacial score (nSPS) is 12.6. The molecule has 7 heteroatoms. The topological polar surface area (TPSA) is 84.5 Å². The van der Waals surface area contributed by atoms with Gasteiger partial charge in [-0.25, -0.2) is 0 Å². The first-order chi connectivity index (χ1) is 16.9. The molecule has 2 aromatic carbocycles. The molecule has 35 heavy (non-hydrogen) atoms. The van der Waals surface area contributed by atoms with Crippen molar-refractivity contribution in [1.82, 2.24) is 10.6 Å². The lowest BCUT2D eigenvalue weighted by Gasteiger charge is -2.22. The smallest absolute Gasteiger partial charge is 0.306 e. The molecule has 2 amide bonds. The van der Waals surface area contributed by atoms with Gasteiger partial charge in [-0.2, -0.15) is 0 Å². The van der Waals surface area contributed by atoms with Crippen LogP contribution < -0.4 is 10.6 Å². The Morgan fingerprint density at radius 3 is 2.17 bits per heavy atom. The Morgan fingerprint density at radius 1 is 0.886 bits per heavy atom. The minimum Gasteiger partial charge on any atom is -0.469 e. The van der Waals surface area contributed by atoms with E-state index in [4.69, 9.17) is 4.74 Å². The van der Waals surface area contributed by atoms with Crippen molar-refractivity contribution in [3.63, 3.8) is 0 Å². The first-order valence-electron chi connectivity index (χ1n) is 11.7. The number of amides is 2. The number of thiophene rings is 1. The van der Waals surface area contributed by atoms with E-state index in [0.29, 0.717) is 13.0 Å². The van der Waals surface area contributed by atoms with Crippen LogP contribution in [0.1, 0.15) is 43.2 Å². The molecule has 1 aromatic heterocycles. The van der Waals surface area contributed by atoms with Gasteiger partial charge in [0.2, 0.25) is 11.8 Å². The van der Waals surface area contributed by atoms with Gasteiger partial charge in [0.05, 0.1) is 13.5 Å². The lowest BCUT2D eigenvalue weighted by Crippen LogP contribution is -2.42. The highest BCUT2D eigenvalue weighted by Crippen LogP contribution is 2.32. The highest BCUT2D eigenvalue weighted by Gasteiger charge is 2.30. The predicted octanol–water partition coefficient (Wildman–Crippen LogP) is 5.11. The zero-order chi connectivity index (χ0) is 25.2. The number of methoxy groups -OCH3 is 1. The van der Waals surface area contributed by atoms with Crippen LogP contribution in [0.25, 0.3) is 10.4 Å². The number of rotatable bonds is 11. The Labute approximate surface area is 210 Å². The quantitative estimate of drug-likeness (QED) is 0.364. The molecule has 1 unspecified atom stereocenters. The number of benzene rings is 2. The maximum Gasteiger partial charge on any atom is 0.306 e. The number of carbonyl (C=O) groups is 3. The van der Waals surface area contributed by atoms with Gasteiger partial charge in [0.1, 0.15) is 6.04 Å². The van der Waals surface area contributed by atoms with Crippen molar-refractivity contribution < 1.29 is 19.1 Å². The molecule has 0 saturated heterocycles. The van der Waals surface area contributed by atoms with Gasteiger partial charge in [0.25, 0.3) is 0 Å². The van der Waals surface area contributed by atoms with Gasteiger partial charge in [-0.05, 0) is 35.6 Å². The summed E-state index contributed by atoms with van der Waals surface area (Å²) in [6.07, 6.45) is 0.484. The molecule has 1 heterocycles. The maximum atomic E-state index is 13.3. The molecule has 0 bridgehead atoms. The van der Waals surface area contributed by atoms with Crippen molar-refractivity contribution in [2.75, 3.05) is 7.11 Å². The zero-order valence-corrected chi connectivity index (χ0v) is 21.1. The summed E-state index contributed by atoms with van der Waals surface area (Å²) in [5, 5.41) is 5.87. The minimum absolute atomic E-state index is 0.0292. The van der Waals surface area contributed by atoms with Crippen molar-refractivity contribution in [2.24, 2.45) is 11.8 Å². The van der Waals surface area contributed by atoms with E-state index < -0.39 is 17.9 Å². The monoisotopic (exact) mass is 492 g/mol. The molecule has 0 spiro atoms. The molecule has 0 aliphatic heterocycles. The van der Waals surface area contributed by atoms with Crippen molar-refractivity contribution in [2.45, 2.75) is 39.3 Å². The summed E-state index contributed by atoms with van der Waals surface area (Å²) in [7, 11) is 1.31. The fourth-order valence-corrected chi connectivity index (χ4v) is 4.88. The Balaban J connectivity index is 1.83. The third-order valence-corrected chi connectivity index (χ3v) is 6.79. The Bertz CT molecular complexity index is 1110. The third-order valence-electron chi connectivity index (χ3n) is 5.60. The van der Waals surface area contributed by atoms with Crippen LogP contribution in [0.4, 0.5) is 0 Å². The van der Waals surface area contributed by atoms with Gasteiger partial charge in [0.15, 0.2) is 0 Å². The molecule has 2 N–H and O–H groups in total. The summed E-state index contributed by atoms with van der Waals surface area (Å²) in [5.74, 6) is -1.46. The molecule has 3 aromatic rings. The first-order valence-corrected chi connectivity index (χ1v) is 12.5. The van der Waals surface area contributed by atoms with Gasteiger partial charge in [0, 0.05) is 22.2 Å². The summed E-state index contributed by atoms with van der Waals surface area (Å²) in [6.45, 7) is 4.33. The lowest BCUT2D eigenvalue weighted by molar-refractivity contribution is -0.144. The van der Waals surface area contributed by atoms with Crippen molar-refractivity contribution in [3.8, 4) is 10.4 Å². The van der Waals surface area contributed by atoms with E-state index in [1.54, 1.807) is 0 Å². The third kappa shape index (κ3) is 7.79. The average Bonchev–Trinajstić information content (AvgIpc) is 3.36. The standard InChI is InChI=1S/C28H32N2O4S/c1-19(2)16-22(17-25(31)34-3)27(32)30-26(28(33)29-18-20-10-6-4-7-11-20)24-15-14-23(35-24)21-12-8-5-9-13-21/h4-15,19,22,26H,16-18H2,1-3H3,(H,29,33)(H,30,32)/t22-,26?/m1/s1. The highest BCUT2D eigenvalue weighted by molar-refractivity contribution is 7.15. The van der Waals surface area contributed by atoms with Crippen LogP contribution in [0.2, 0.25) is 0 Å². The molecule has 0 radical (unpaired) electrons. The van der Waals surface area contributed by atoms with Crippen LogP contribution in [0.5, 0.6) is 0 Å². The van der Waals surface area contributed by atoms with Crippen LogP contribution in [0.15, 0.2) is 72.8 Å². The van der Waals surface area contributed by atoms with E-state index in [1.165, 1.54) is 18.4 Å². The Kier molecular flexibility index (Phi) is 9.61. The number of ether oxygens (including phenoxy) is 1. The van der Waals surface area contributed by atoms with E-state index in [9.17, 15) is 14.4 Å². The summed E-state index contributed by atoms with van der Waals surface area (Å²) < 4.78 is 4.79. The second-order valence-electron chi connectivity index (χ2n) is 8.82. The fraction of sp³-hybridized carbons (Fsp3) is 0.321. The van der Waals surface area contributed by atoms with E-state index >= 15 is 0 Å². The fourth-order valence-electron chi connectivity index (χ4n) is 3.82. The summed E-state index contributed by atoms with van der Waals surface area (Å²) in [6, 6.07) is 22.5. The van der Waals surface area contributed by atoms with Crippen molar-refractivity contribution >= 4 is 29.1 Å². The molecule has 184 valence electrons. The molecular weight excluding hydrogens is 460 g/mol. The Morgan fingerprint density at radius 2 is 1.54 bits per heavy atom. The average molecular weight is 493 g/mol. The highest BCUT2D eigenvalue weighted by atomic mass is 32.1. The minimum atomic E-state index is -0.874. The molecule has 3 rings (SSSR count). The summed E-state index contributed by atoms with van der Waals surface area (Å²) >= 11 is 1.46. The van der Waals surface area contributed by atoms with Gasteiger partial charge in [-0.15, -0.1) is 11.3 Å². The number of esters is 1. The van der Waals surface area contributed by atoms with Crippen LogP contribution in [-0.2, 0) is 25.7 Å². The van der Waals surface area contributed by atoms with E-state index in [-0.39, 0.29) is 24.2 Å². The van der Waals surface area contributed by atoms with Gasteiger partial charge < -0.3 is 15.4 Å².